The summed E-state index contributed by atoms with van der Waals surface area (Å²) < 4.78 is 30.1. The smallest absolute Gasteiger partial charge is 0.338 e. The Balaban J connectivity index is 2.20. The number of esters is 1. The summed E-state index contributed by atoms with van der Waals surface area (Å²) in [6.45, 7) is 1.40. The molecule has 0 unspecified atom stereocenters. The Morgan fingerprint density at radius 3 is 2.17 bits per heavy atom. The van der Waals surface area contributed by atoms with Gasteiger partial charge in [0.15, 0.2) is 0 Å². The Labute approximate surface area is 183 Å². The number of benzene rings is 2. The van der Waals surface area contributed by atoms with E-state index in [4.69, 9.17) is 39.5 Å². The third kappa shape index (κ3) is 6.24. The lowest BCUT2D eigenvalue weighted by Crippen LogP contribution is -2.37. The first-order chi connectivity index (χ1) is 13.5. The number of hydrogen-bond acceptors (Lipinski definition) is 5. The molecule has 0 radical (unpaired) electrons. The van der Waals surface area contributed by atoms with Crippen LogP contribution in [0.1, 0.15) is 17.3 Å². The molecule has 1 amide bonds. The molecular formula is C18H17Cl3N2O5S. The number of nitrogens with one attached hydrogen (secondary N) is 1. The molecule has 2 rings (SSSR count). The molecule has 2 aromatic carbocycles. The molecule has 29 heavy (non-hydrogen) atoms. The lowest BCUT2D eigenvalue weighted by molar-refractivity contribution is -0.114. The minimum absolute atomic E-state index is 0.0244. The summed E-state index contributed by atoms with van der Waals surface area (Å²) in [6, 6.07) is 8.54. The van der Waals surface area contributed by atoms with E-state index in [9.17, 15) is 18.0 Å². The molecule has 0 spiro atoms. The van der Waals surface area contributed by atoms with E-state index in [0.29, 0.717) is 11.3 Å². The number of amides is 1. The van der Waals surface area contributed by atoms with Gasteiger partial charge < -0.3 is 10.1 Å². The number of carbonyl (C=O) groups excluding carboxylic acids is 2. The van der Waals surface area contributed by atoms with Crippen LogP contribution in [0.5, 0.6) is 0 Å². The van der Waals surface area contributed by atoms with Crippen molar-refractivity contribution in [1.82, 2.24) is 0 Å². The van der Waals surface area contributed by atoms with Gasteiger partial charge >= 0.3 is 5.97 Å². The summed E-state index contributed by atoms with van der Waals surface area (Å²) in [5, 5.41) is 2.83. The zero-order valence-corrected chi connectivity index (χ0v) is 18.5. The van der Waals surface area contributed by atoms with Crippen LogP contribution >= 0.6 is 34.8 Å². The highest BCUT2D eigenvalue weighted by molar-refractivity contribution is 7.92. The Bertz CT molecular complexity index is 1030. The number of rotatable bonds is 7. The summed E-state index contributed by atoms with van der Waals surface area (Å²) in [4.78, 5) is 24.1. The van der Waals surface area contributed by atoms with Gasteiger partial charge in [-0.3, -0.25) is 9.10 Å². The predicted octanol–water partition coefficient (Wildman–Crippen LogP) is 4.23. The standard InChI is InChI=1S/C18H17Cl3N2O5S/c1-3-28-18(25)11-4-6-12(7-5-11)22-17(24)10-23(29(2,26)27)16-9-14(20)13(19)8-15(16)21/h4-9H,3,10H2,1-2H3,(H,22,24). The molecule has 0 fully saturated rings. The minimum Gasteiger partial charge on any atom is -0.462 e. The van der Waals surface area contributed by atoms with Crippen LogP contribution in [0, 0.1) is 0 Å². The molecule has 2 aromatic rings. The Morgan fingerprint density at radius 1 is 1.03 bits per heavy atom. The molecular weight excluding hydrogens is 463 g/mol. The van der Waals surface area contributed by atoms with Crippen molar-refractivity contribution in [3.63, 3.8) is 0 Å². The summed E-state index contributed by atoms with van der Waals surface area (Å²) >= 11 is 17.9. The van der Waals surface area contributed by atoms with Crippen molar-refractivity contribution in [2.45, 2.75) is 6.92 Å². The van der Waals surface area contributed by atoms with Crippen LogP contribution in [0.3, 0.4) is 0 Å². The van der Waals surface area contributed by atoms with Crippen molar-refractivity contribution < 1.29 is 22.7 Å². The van der Waals surface area contributed by atoms with Gasteiger partial charge in [0, 0.05) is 5.69 Å². The maximum absolute atomic E-state index is 12.4. The van der Waals surface area contributed by atoms with Crippen LogP contribution in [-0.4, -0.2) is 39.7 Å². The maximum atomic E-state index is 12.4. The third-order valence-electron chi connectivity index (χ3n) is 3.63. The quantitative estimate of drug-likeness (QED) is 0.474. The van der Waals surface area contributed by atoms with Crippen LogP contribution in [0.15, 0.2) is 36.4 Å². The van der Waals surface area contributed by atoms with Crippen molar-refractivity contribution in [2.24, 2.45) is 0 Å². The van der Waals surface area contributed by atoms with Crippen LogP contribution in [0.25, 0.3) is 0 Å². The molecule has 7 nitrogen and oxygen atoms in total. The van der Waals surface area contributed by atoms with Gasteiger partial charge in [-0.2, -0.15) is 0 Å². The van der Waals surface area contributed by atoms with E-state index in [-0.39, 0.29) is 27.4 Å². The fraction of sp³-hybridized carbons (Fsp3) is 0.222. The van der Waals surface area contributed by atoms with Crippen molar-refractivity contribution in [3.05, 3.63) is 57.0 Å². The number of halogens is 3. The maximum Gasteiger partial charge on any atom is 0.338 e. The molecule has 0 heterocycles. The molecule has 0 atom stereocenters. The van der Waals surface area contributed by atoms with Gasteiger partial charge in [-0.1, -0.05) is 34.8 Å². The Hall–Kier alpha value is -2.00. The van der Waals surface area contributed by atoms with Gasteiger partial charge in [0.05, 0.1) is 39.2 Å². The van der Waals surface area contributed by atoms with Gasteiger partial charge in [-0.05, 0) is 43.3 Å². The largest absolute Gasteiger partial charge is 0.462 e. The predicted molar refractivity (Wildman–Crippen MR) is 115 cm³/mol. The van der Waals surface area contributed by atoms with Crippen LogP contribution in [0.4, 0.5) is 11.4 Å². The molecule has 0 bridgehead atoms. The molecule has 156 valence electrons. The lowest BCUT2D eigenvalue weighted by Gasteiger charge is -2.23. The van der Waals surface area contributed by atoms with E-state index in [1.165, 1.54) is 36.4 Å². The highest BCUT2D eigenvalue weighted by atomic mass is 35.5. The van der Waals surface area contributed by atoms with Crippen LogP contribution in [-0.2, 0) is 19.6 Å². The van der Waals surface area contributed by atoms with E-state index in [1.807, 2.05) is 0 Å². The average molecular weight is 480 g/mol. The summed E-state index contributed by atoms with van der Waals surface area (Å²) in [5.74, 6) is -1.11. The normalized spacial score (nSPS) is 11.1. The summed E-state index contributed by atoms with van der Waals surface area (Å²) in [5.41, 5.74) is 0.721. The van der Waals surface area contributed by atoms with E-state index in [0.717, 1.165) is 10.6 Å². The summed E-state index contributed by atoms with van der Waals surface area (Å²) in [7, 11) is -3.86. The van der Waals surface area contributed by atoms with Gasteiger partial charge in [0.2, 0.25) is 15.9 Å². The lowest BCUT2D eigenvalue weighted by atomic mass is 10.2. The van der Waals surface area contributed by atoms with Crippen molar-refractivity contribution in [1.29, 1.82) is 0 Å². The van der Waals surface area contributed by atoms with Crippen LogP contribution < -0.4 is 9.62 Å². The number of ether oxygens (including phenoxy) is 1. The fourth-order valence-corrected chi connectivity index (χ4v) is 3.87. The minimum atomic E-state index is -3.86. The number of carbonyl (C=O) groups is 2. The molecule has 0 aromatic heterocycles. The molecule has 0 aliphatic rings. The second-order valence-electron chi connectivity index (χ2n) is 5.83. The highest BCUT2D eigenvalue weighted by Crippen LogP contribution is 2.35. The van der Waals surface area contributed by atoms with Gasteiger partial charge in [-0.15, -0.1) is 0 Å². The molecule has 11 heteroatoms. The third-order valence-corrected chi connectivity index (χ3v) is 5.78. The Kier molecular flexibility index (Phi) is 7.76. The van der Waals surface area contributed by atoms with Crippen molar-refractivity contribution >= 4 is 68.1 Å². The van der Waals surface area contributed by atoms with Gasteiger partial charge in [-0.25, -0.2) is 13.2 Å². The SMILES string of the molecule is CCOC(=O)c1ccc(NC(=O)CN(c2cc(Cl)c(Cl)cc2Cl)S(C)(=O)=O)cc1. The molecule has 1 N–H and O–H groups in total. The average Bonchev–Trinajstić information content (AvgIpc) is 2.63. The van der Waals surface area contributed by atoms with Crippen LogP contribution in [0.2, 0.25) is 15.1 Å². The highest BCUT2D eigenvalue weighted by Gasteiger charge is 2.24. The van der Waals surface area contributed by atoms with E-state index < -0.39 is 28.4 Å². The first kappa shape index (κ1) is 23.3. The zero-order chi connectivity index (χ0) is 21.8. The number of hydrogen-bond donors (Lipinski definition) is 1. The second kappa shape index (κ2) is 9.67. The monoisotopic (exact) mass is 478 g/mol. The fourth-order valence-electron chi connectivity index (χ4n) is 2.32. The first-order valence-corrected chi connectivity index (χ1v) is 11.2. The first-order valence-electron chi connectivity index (χ1n) is 8.22. The topological polar surface area (TPSA) is 92.8 Å². The zero-order valence-electron chi connectivity index (χ0n) is 15.4. The number of sulfonamides is 1. The van der Waals surface area contributed by atoms with E-state index in [1.54, 1.807) is 6.92 Å². The molecule has 0 saturated carbocycles. The van der Waals surface area contributed by atoms with Crippen molar-refractivity contribution in [3.8, 4) is 0 Å². The van der Waals surface area contributed by atoms with E-state index >= 15 is 0 Å². The number of nitrogens with zero attached hydrogens (tertiary/aromatic N) is 1. The van der Waals surface area contributed by atoms with Crippen molar-refractivity contribution in [2.75, 3.05) is 29.0 Å². The molecule has 0 aliphatic carbocycles. The Morgan fingerprint density at radius 2 is 1.62 bits per heavy atom. The van der Waals surface area contributed by atoms with Gasteiger partial charge in [0.25, 0.3) is 0 Å². The van der Waals surface area contributed by atoms with Gasteiger partial charge in [0.1, 0.15) is 6.54 Å². The second-order valence-corrected chi connectivity index (χ2v) is 8.96. The molecule has 0 aliphatic heterocycles. The molecule has 0 saturated heterocycles. The van der Waals surface area contributed by atoms with E-state index in [2.05, 4.69) is 5.32 Å². The summed E-state index contributed by atoms with van der Waals surface area (Å²) in [6.07, 6.45) is 0.938. The number of anilines is 2.